The summed E-state index contributed by atoms with van der Waals surface area (Å²) in [5.74, 6) is 1.98. The van der Waals surface area contributed by atoms with Crippen LogP contribution in [-0.2, 0) is 6.61 Å². The van der Waals surface area contributed by atoms with Crippen LogP contribution in [0.4, 0.5) is 5.69 Å². The monoisotopic (exact) mass is 432 g/mol. The minimum Gasteiger partial charge on any atom is -0.493 e. The molecule has 0 bridgehead atoms. The zero-order valence-corrected chi connectivity index (χ0v) is 18.4. The number of aromatic nitrogens is 1. The number of nitrogens with one attached hydrogen (secondary N) is 1. The average molecular weight is 432 g/mol. The van der Waals surface area contributed by atoms with Gasteiger partial charge >= 0.3 is 0 Å². The highest BCUT2D eigenvalue weighted by Crippen LogP contribution is 2.32. The number of methoxy groups -OCH3 is 2. The molecule has 0 unspecified atom stereocenters. The van der Waals surface area contributed by atoms with Gasteiger partial charge < -0.3 is 24.1 Å². The highest BCUT2D eigenvalue weighted by Gasteiger charge is 2.17. The van der Waals surface area contributed by atoms with Crippen LogP contribution in [0.25, 0.3) is 10.8 Å². The van der Waals surface area contributed by atoms with Gasteiger partial charge in [0.15, 0.2) is 11.5 Å². The summed E-state index contributed by atoms with van der Waals surface area (Å²) in [5, 5.41) is 8.80. The Kier molecular flexibility index (Phi) is 5.98. The van der Waals surface area contributed by atoms with Crippen LogP contribution in [0, 0.1) is 13.8 Å². The van der Waals surface area contributed by atoms with E-state index in [4.69, 9.17) is 18.7 Å². The van der Waals surface area contributed by atoms with E-state index in [1.54, 1.807) is 32.4 Å². The largest absolute Gasteiger partial charge is 0.493 e. The van der Waals surface area contributed by atoms with Crippen LogP contribution in [0.2, 0.25) is 0 Å². The number of amides is 1. The predicted octanol–water partition coefficient (Wildman–Crippen LogP) is 5.29. The molecular formula is C25H24N2O5. The summed E-state index contributed by atoms with van der Waals surface area (Å²) in [4.78, 5) is 13.2. The fourth-order valence-corrected chi connectivity index (χ4v) is 3.49. The molecule has 0 atom stereocenters. The van der Waals surface area contributed by atoms with Crippen molar-refractivity contribution in [3.63, 3.8) is 0 Å². The van der Waals surface area contributed by atoms with Crippen molar-refractivity contribution in [3.05, 3.63) is 77.2 Å². The Morgan fingerprint density at radius 2 is 1.66 bits per heavy atom. The van der Waals surface area contributed by atoms with Crippen LogP contribution in [0.5, 0.6) is 17.2 Å². The number of rotatable bonds is 7. The third-order valence-corrected chi connectivity index (χ3v) is 5.29. The Labute approximate surface area is 185 Å². The number of carbonyl (C=O) groups is 1. The van der Waals surface area contributed by atoms with Crippen LogP contribution < -0.4 is 19.5 Å². The SMILES string of the molecule is COc1ccc(NC(=O)c2cc3ccccc3cc2OCc2c(C)noc2C)cc1OC. The van der Waals surface area contributed by atoms with Gasteiger partial charge in [-0.3, -0.25) is 4.79 Å². The van der Waals surface area contributed by atoms with Crippen LogP contribution in [0.1, 0.15) is 27.4 Å². The van der Waals surface area contributed by atoms with Gasteiger partial charge in [-0.15, -0.1) is 0 Å². The van der Waals surface area contributed by atoms with Crippen molar-refractivity contribution in [2.75, 3.05) is 19.5 Å². The lowest BCUT2D eigenvalue weighted by Crippen LogP contribution is -2.14. The molecule has 0 aliphatic carbocycles. The highest BCUT2D eigenvalue weighted by molar-refractivity contribution is 6.08. The molecule has 7 nitrogen and oxygen atoms in total. The fourth-order valence-electron chi connectivity index (χ4n) is 3.49. The minimum atomic E-state index is -0.295. The van der Waals surface area contributed by atoms with Crippen molar-refractivity contribution >= 4 is 22.4 Å². The van der Waals surface area contributed by atoms with Gasteiger partial charge in [0.1, 0.15) is 18.1 Å². The van der Waals surface area contributed by atoms with Crippen LogP contribution in [0.3, 0.4) is 0 Å². The maximum atomic E-state index is 13.2. The van der Waals surface area contributed by atoms with Crippen molar-refractivity contribution in [2.45, 2.75) is 20.5 Å². The predicted molar refractivity (Wildman–Crippen MR) is 122 cm³/mol. The maximum absolute atomic E-state index is 13.2. The Balaban J connectivity index is 1.67. The number of aryl methyl sites for hydroxylation is 2. The molecule has 4 aromatic rings. The molecule has 1 N–H and O–H groups in total. The van der Waals surface area contributed by atoms with Crippen molar-refractivity contribution in [2.24, 2.45) is 0 Å². The summed E-state index contributed by atoms with van der Waals surface area (Å²) in [6.45, 7) is 3.94. The van der Waals surface area contributed by atoms with E-state index >= 15 is 0 Å². The second-order valence-corrected chi connectivity index (χ2v) is 7.31. The lowest BCUT2D eigenvalue weighted by Gasteiger charge is -2.14. The Morgan fingerprint density at radius 3 is 2.31 bits per heavy atom. The molecule has 1 amide bonds. The zero-order chi connectivity index (χ0) is 22.7. The molecular weight excluding hydrogens is 408 g/mol. The van der Waals surface area contributed by atoms with Gasteiger partial charge in [0.2, 0.25) is 0 Å². The van der Waals surface area contributed by atoms with Gasteiger partial charge in [-0.05, 0) is 48.9 Å². The van der Waals surface area contributed by atoms with Gasteiger partial charge in [-0.2, -0.15) is 0 Å². The number of hydrogen-bond donors (Lipinski definition) is 1. The van der Waals surface area contributed by atoms with Gasteiger partial charge in [0.25, 0.3) is 5.91 Å². The second-order valence-electron chi connectivity index (χ2n) is 7.31. The van der Waals surface area contributed by atoms with Gasteiger partial charge in [-0.25, -0.2) is 0 Å². The van der Waals surface area contributed by atoms with E-state index in [1.807, 2.05) is 50.2 Å². The van der Waals surface area contributed by atoms with E-state index in [0.717, 1.165) is 22.0 Å². The molecule has 4 rings (SSSR count). The first-order valence-electron chi connectivity index (χ1n) is 10.1. The van der Waals surface area contributed by atoms with E-state index in [0.29, 0.717) is 34.3 Å². The molecule has 32 heavy (non-hydrogen) atoms. The van der Waals surface area contributed by atoms with E-state index in [2.05, 4.69) is 10.5 Å². The summed E-state index contributed by atoms with van der Waals surface area (Å²) in [6.07, 6.45) is 0. The summed E-state index contributed by atoms with van der Waals surface area (Å²) in [5.41, 5.74) is 2.63. The molecule has 1 heterocycles. The molecule has 0 radical (unpaired) electrons. The molecule has 3 aromatic carbocycles. The number of benzene rings is 3. The molecule has 0 aliphatic rings. The second kappa shape index (κ2) is 9.01. The molecule has 1 aromatic heterocycles. The number of fused-ring (bicyclic) bond motifs is 1. The van der Waals surface area contributed by atoms with Crippen molar-refractivity contribution in [1.82, 2.24) is 5.16 Å². The average Bonchev–Trinajstić information content (AvgIpc) is 3.13. The number of ether oxygens (including phenoxy) is 3. The third kappa shape index (κ3) is 4.23. The zero-order valence-electron chi connectivity index (χ0n) is 18.4. The molecule has 0 spiro atoms. The lowest BCUT2D eigenvalue weighted by atomic mass is 10.0. The van der Waals surface area contributed by atoms with E-state index in [-0.39, 0.29) is 12.5 Å². The van der Waals surface area contributed by atoms with Crippen LogP contribution in [0.15, 0.2) is 59.1 Å². The third-order valence-electron chi connectivity index (χ3n) is 5.29. The summed E-state index contributed by atoms with van der Waals surface area (Å²) >= 11 is 0. The molecule has 0 fully saturated rings. The first-order valence-corrected chi connectivity index (χ1v) is 10.1. The number of nitrogens with zero attached hydrogens (tertiary/aromatic N) is 1. The van der Waals surface area contributed by atoms with Crippen molar-refractivity contribution in [3.8, 4) is 17.2 Å². The smallest absolute Gasteiger partial charge is 0.259 e. The number of anilines is 1. The molecule has 0 saturated carbocycles. The fraction of sp³-hybridized carbons (Fsp3) is 0.200. The number of hydrogen-bond acceptors (Lipinski definition) is 6. The molecule has 0 aliphatic heterocycles. The highest BCUT2D eigenvalue weighted by atomic mass is 16.5. The van der Waals surface area contributed by atoms with Gasteiger partial charge in [-0.1, -0.05) is 29.4 Å². The quantitative estimate of drug-likeness (QED) is 0.427. The van der Waals surface area contributed by atoms with E-state index in [1.165, 1.54) is 0 Å². The lowest BCUT2D eigenvalue weighted by molar-refractivity contribution is 0.102. The molecule has 7 heteroatoms. The number of carbonyl (C=O) groups excluding carboxylic acids is 1. The Morgan fingerprint density at radius 1 is 0.938 bits per heavy atom. The Bertz CT molecular complexity index is 1260. The van der Waals surface area contributed by atoms with Gasteiger partial charge in [0.05, 0.1) is 31.0 Å². The van der Waals surface area contributed by atoms with E-state index in [9.17, 15) is 4.79 Å². The molecule has 164 valence electrons. The normalized spacial score (nSPS) is 10.8. The standard InChI is InChI=1S/C25H24N2O5/c1-15-21(16(2)32-27-15)14-31-23-12-18-8-6-5-7-17(18)11-20(23)25(28)26-19-9-10-22(29-3)24(13-19)30-4/h5-13H,14H2,1-4H3,(H,26,28). The van der Waals surface area contributed by atoms with Crippen LogP contribution in [-0.4, -0.2) is 25.3 Å². The van der Waals surface area contributed by atoms with Gasteiger partial charge in [0, 0.05) is 11.8 Å². The first-order chi connectivity index (χ1) is 15.5. The molecule has 0 saturated heterocycles. The first kappa shape index (κ1) is 21.2. The Hall–Kier alpha value is -4.00. The van der Waals surface area contributed by atoms with Crippen molar-refractivity contribution < 1.29 is 23.5 Å². The van der Waals surface area contributed by atoms with E-state index < -0.39 is 0 Å². The topological polar surface area (TPSA) is 82.8 Å². The van der Waals surface area contributed by atoms with Crippen molar-refractivity contribution in [1.29, 1.82) is 0 Å². The minimum absolute atomic E-state index is 0.246. The maximum Gasteiger partial charge on any atom is 0.259 e. The summed E-state index contributed by atoms with van der Waals surface area (Å²) in [7, 11) is 3.11. The van der Waals surface area contributed by atoms with Crippen LogP contribution >= 0.6 is 0 Å². The summed E-state index contributed by atoms with van der Waals surface area (Å²) in [6, 6.07) is 16.7. The summed E-state index contributed by atoms with van der Waals surface area (Å²) < 4.78 is 21.9.